The summed E-state index contributed by atoms with van der Waals surface area (Å²) in [6.45, 7) is 1.74. The van der Waals surface area contributed by atoms with E-state index in [0.717, 1.165) is 5.56 Å². The number of hydrogen-bond donors (Lipinski definition) is 4. The van der Waals surface area contributed by atoms with E-state index >= 15 is 0 Å². The molecule has 0 saturated heterocycles. The van der Waals surface area contributed by atoms with E-state index in [9.17, 15) is 14.4 Å². The van der Waals surface area contributed by atoms with Crippen molar-refractivity contribution in [2.24, 2.45) is 0 Å². The molecule has 2 unspecified atom stereocenters. The monoisotopic (exact) mass is 280 g/mol. The van der Waals surface area contributed by atoms with E-state index in [4.69, 9.17) is 10.2 Å². The number of benzene rings is 1. The third-order valence-corrected chi connectivity index (χ3v) is 2.63. The van der Waals surface area contributed by atoms with Gasteiger partial charge < -0.3 is 20.8 Å². The molecule has 0 aliphatic carbocycles. The first-order valence-corrected chi connectivity index (χ1v) is 5.96. The number of rotatable bonds is 6. The van der Waals surface area contributed by atoms with Crippen molar-refractivity contribution in [2.45, 2.75) is 25.4 Å². The molecule has 2 amide bonds. The van der Waals surface area contributed by atoms with Crippen molar-refractivity contribution < 1.29 is 24.6 Å². The van der Waals surface area contributed by atoms with Crippen LogP contribution >= 0.6 is 0 Å². The first kappa shape index (κ1) is 15.5. The van der Waals surface area contributed by atoms with Crippen molar-refractivity contribution in [1.29, 1.82) is 0 Å². The van der Waals surface area contributed by atoms with Gasteiger partial charge in [0.05, 0.1) is 12.5 Å². The number of carbonyl (C=O) groups excluding carboxylic acids is 1. The smallest absolute Gasteiger partial charge is 0.326 e. The van der Waals surface area contributed by atoms with Crippen LogP contribution in [0.15, 0.2) is 30.3 Å². The van der Waals surface area contributed by atoms with E-state index in [1.807, 2.05) is 30.3 Å². The third kappa shape index (κ3) is 4.97. The highest BCUT2D eigenvalue weighted by atomic mass is 16.4. The SMILES string of the molecule is CC(NC(=O)NC(CC(=O)O)C(=O)O)c1ccccc1. The summed E-state index contributed by atoms with van der Waals surface area (Å²) in [5.41, 5.74) is 0.854. The van der Waals surface area contributed by atoms with Gasteiger partial charge in [-0.2, -0.15) is 0 Å². The van der Waals surface area contributed by atoms with Gasteiger partial charge >= 0.3 is 18.0 Å². The second kappa shape index (κ2) is 7.13. The molecular weight excluding hydrogens is 264 g/mol. The molecule has 1 rings (SSSR count). The van der Waals surface area contributed by atoms with Gasteiger partial charge in [-0.1, -0.05) is 30.3 Å². The van der Waals surface area contributed by atoms with Crippen LogP contribution in [-0.4, -0.2) is 34.2 Å². The molecular formula is C13H16N2O5. The highest BCUT2D eigenvalue weighted by molar-refractivity contribution is 5.86. The summed E-state index contributed by atoms with van der Waals surface area (Å²) >= 11 is 0. The maximum atomic E-state index is 11.6. The minimum Gasteiger partial charge on any atom is -0.481 e. The van der Waals surface area contributed by atoms with E-state index in [2.05, 4.69) is 10.6 Å². The lowest BCUT2D eigenvalue weighted by atomic mass is 10.1. The summed E-state index contributed by atoms with van der Waals surface area (Å²) in [4.78, 5) is 33.0. The standard InChI is InChI=1S/C13H16N2O5/c1-8(9-5-3-2-4-6-9)14-13(20)15-10(12(18)19)7-11(16)17/h2-6,8,10H,7H2,1H3,(H,16,17)(H,18,19)(H2,14,15,20). The van der Waals surface area contributed by atoms with Crippen molar-refractivity contribution in [2.75, 3.05) is 0 Å². The van der Waals surface area contributed by atoms with Gasteiger partial charge in [-0.3, -0.25) is 4.79 Å². The van der Waals surface area contributed by atoms with E-state index in [1.54, 1.807) is 6.92 Å². The Morgan fingerprint density at radius 1 is 1.10 bits per heavy atom. The molecule has 1 aromatic rings. The highest BCUT2D eigenvalue weighted by Gasteiger charge is 2.23. The van der Waals surface area contributed by atoms with Crippen molar-refractivity contribution >= 4 is 18.0 Å². The maximum Gasteiger partial charge on any atom is 0.326 e. The Morgan fingerprint density at radius 3 is 2.20 bits per heavy atom. The van der Waals surface area contributed by atoms with E-state index in [-0.39, 0.29) is 6.04 Å². The van der Waals surface area contributed by atoms with Crippen LogP contribution in [-0.2, 0) is 9.59 Å². The van der Waals surface area contributed by atoms with Gasteiger partial charge in [-0.05, 0) is 12.5 Å². The normalized spacial score (nSPS) is 13.1. The van der Waals surface area contributed by atoms with Gasteiger partial charge in [0.2, 0.25) is 0 Å². The molecule has 1 aromatic carbocycles. The third-order valence-electron chi connectivity index (χ3n) is 2.63. The quantitative estimate of drug-likeness (QED) is 0.619. The Labute approximate surface area is 115 Å². The van der Waals surface area contributed by atoms with Crippen LogP contribution < -0.4 is 10.6 Å². The predicted octanol–water partition coefficient (Wildman–Crippen LogP) is 0.975. The lowest BCUT2D eigenvalue weighted by Crippen LogP contribution is -2.47. The summed E-state index contributed by atoms with van der Waals surface area (Å²) in [5, 5.41) is 22.1. The van der Waals surface area contributed by atoms with Crippen LogP contribution in [0.2, 0.25) is 0 Å². The first-order valence-electron chi connectivity index (χ1n) is 5.96. The lowest BCUT2D eigenvalue weighted by Gasteiger charge is -2.17. The molecule has 20 heavy (non-hydrogen) atoms. The summed E-state index contributed by atoms with van der Waals surface area (Å²) in [6.07, 6.45) is -0.678. The highest BCUT2D eigenvalue weighted by Crippen LogP contribution is 2.10. The second-order valence-electron chi connectivity index (χ2n) is 4.24. The van der Waals surface area contributed by atoms with Gasteiger partial charge in [0.25, 0.3) is 0 Å². The zero-order valence-corrected chi connectivity index (χ0v) is 10.9. The van der Waals surface area contributed by atoms with E-state index in [0.29, 0.717) is 0 Å². The van der Waals surface area contributed by atoms with Crippen molar-refractivity contribution in [3.63, 3.8) is 0 Å². The van der Waals surface area contributed by atoms with Gasteiger partial charge in [-0.25, -0.2) is 9.59 Å². The number of nitrogens with one attached hydrogen (secondary N) is 2. The maximum absolute atomic E-state index is 11.6. The molecule has 0 aliphatic rings. The van der Waals surface area contributed by atoms with Crippen LogP contribution in [0, 0.1) is 0 Å². The average molecular weight is 280 g/mol. The Morgan fingerprint density at radius 2 is 1.70 bits per heavy atom. The van der Waals surface area contributed by atoms with Crippen LogP contribution in [0.5, 0.6) is 0 Å². The Bertz CT molecular complexity index is 489. The van der Waals surface area contributed by atoms with E-state index < -0.39 is 30.4 Å². The van der Waals surface area contributed by atoms with Gasteiger partial charge in [0, 0.05) is 0 Å². The predicted molar refractivity (Wildman–Crippen MR) is 70.2 cm³/mol. The summed E-state index contributed by atoms with van der Waals surface area (Å²) in [5.74, 6) is -2.69. The number of carboxylic acids is 2. The molecule has 7 nitrogen and oxygen atoms in total. The molecule has 0 heterocycles. The van der Waals surface area contributed by atoms with Crippen LogP contribution in [0.4, 0.5) is 4.79 Å². The van der Waals surface area contributed by atoms with Gasteiger partial charge in [0.1, 0.15) is 6.04 Å². The molecule has 0 spiro atoms. The molecule has 4 N–H and O–H groups in total. The second-order valence-corrected chi connectivity index (χ2v) is 4.24. The number of hydrogen-bond acceptors (Lipinski definition) is 3. The van der Waals surface area contributed by atoms with E-state index in [1.165, 1.54) is 0 Å². The fourth-order valence-electron chi connectivity index (χ4n) is 1.60. The van der Waals surface area contributed by atoms with Crippen LogP contribution in [0.25, 0.3) is 0 Å². The number of urea groups is 1. The van der Waals surface area contributed by atoms with Crippen molar-refractivity contribution in [3.8, 4) is 0 Å². The Kier molecular flexibility index (Phi) is 5.52. The van der Waals surface area contributed by atoms with Crippen LogP contribution in [0.1, 0.15) is 24.9 Å². The number of carbonyl (C=O) groups is 3. The summed E-state index contributed by atoms with van der Waals surface area (Å²) in [6, 6.07) is 6.59. The lowest BCUT2D eigenvalue weighted by molar-refractivity contribution is -0.145. The number of aliphatic carboxylic acids is 2. The molecule has 0 radical (unpaired) electrons. The molecule has 2 atom stereocenters. The zero-order valence-electron chi connectivity index (χ0n) is 10.9. The molecule has 108 valence electrons. The minimum absolute atomic E-state index is 0.324. The summed E-state index contributed by atoms with van der Waals surface area (Å²) in [7, 11) is 0. The number of carboxylic acid groups (broad SMARTS) is 2. The fourth-order valence-corrected chi connectivity index (χ4v) is 1.60. The first-order chi connectivity index (χ1) is 9.40. The fraction of sp³-hybridized carbons (Fsp3) is 0.308. The Hall–Kier alpha value is -2.57. The van der Waals surface area contributed by atoms with Crippen molar-refractivity contribution in [1.82, 2.24) is 10.6 Å². The molecule has 0 aromatic heterocycles. The molecule has 0 fully saturated rings. The van der Waals surface area contributed by atoms with Gasteiger partial charge in [-0.15, -0.1) is 0 Å². The van der Waals surface area contributed by atoms with Crippen molar-refractivity contribution in [3.05, 3.63) is 35.9 Å². The topological polar surface area (TPSA) is 116 Å². The number of amides is 2. The minimum atomic E-state index is -1.46. The largest absolute Gasteiger partial charge is 0.481 e. The molecule has 7 heteroatoms. The molecule has 0 bridgehead atoms. The Balaban J connectivity index is 2.57. The van der Waals surface area contributed by atoms with Gasteiger partial charge in [0.15, 0.2) is 0 Å². The average Bonchev–Trinajstić information content (AvgIpc) is 2.38. The molecule has 0 saturated carbocycles. The van der Waals surface area contributed by atoms with Crippen LogP contribution in [0.3, 0.4) is 0 Å². The summed E-state index contributed by atoms with van der Waals surface area (Å²) < 4.78 is 0. The zero-order chi connectivity index (χ0) is 15.1. The molecule has 0 aliphatic heterocycles.